The molecule has 0 unspecified atom stereocenters. The summed E-state index contributed by atoms with van der Waals surface area (Å²) in [6, 6.07) is 10.5. The van der Waals surface area contributed by atoms with Crippen molar-refractivity contribution in [2.24, 2.45) is 0 Å². The molecule has 1 fully saturated rings. The molecule has 2 aromatic carbocycles. The maximum Gasteiger partial charge on any atom is 0.257 e. The lowest BCUT2D eigenvalue weighted by molar-refractivity contribution is -0.119. The number of para-hydroxylation sites is 1. The Bertz CT molecular complexity index is 1200. The topological polar surface area (TPSA) is 87.2 Å². The predicted octanol–water partition coefficient (Wildman–Crippen LogP) is 2.07. The minimum atomic E-state index is -3.69. The molecule has 0 bridgehead atoms. The molecule has 0 aromatic heterocycles. The fraction of sp³-hybridized carbons (Fsp3) is 0.417. The van der Waals surface area contributed by atoms with Crippen molar-refractivity contribution in [3.63, 3.8) is 0 Å². The van der Waals surface area contributed by atoms with Crippen molar-refractivity contribution in [2.75, 3.05) is 44.7 Å². The van der Waals surface area contributed by atoms with Crippen LogP contribution >= 0.6 is 0 Å². The van der Waals surface area contributed by atoms with Gasteiger partial charge in [0, 0.05) is 39.1 Å². The van der Waals surface area contributed by atoms with Crippen LogP contribution in [0.25, 0.3) is 0 Å². The second kappa shape index (κ2) is 8.46. The van der Waals surface area contributed by atoms with Crippen molar-refractivity contribution in [1.82, 2.24) is 9.21 Å². The number of ether oxygens (including phenoxy) is 1. The van der Waals surface area contributed by atoms with Crippen LogP contribution in [0.15, 0.2) is 41.3 Å². The first-order chi connectivity index (χ1) is 15.9. The van der Waals surface area contributed by atoms with E-state index in [0.717, 1.165) is 29.7 Å². The number of rotatable bonds is 4. The minimum absolute atomic E-state index is 0.120. The first-order valence-electron chi connectivity index (χ1n) is 11.3. The molecule has 33 heavy (non-hydrogen) atoms. The van der Waals surface area contributed by atoms with E-state index in [-0.39, 0.29) is 29.8 Å². The summed E-state index contributed by atoms with van der Waals surface area (Å²) >= 11 is 0. The van der Waals surface area contributed by atoms with Crippen LogP contribution in [0.2, 0.25) is 0 Å². The summed E-state index contributed by atoms with van der Waals surface area (Å²) in [5.41, 5.74) is 3.28. The van der Waals surface area contributed by atoms with Crippen molar-refractivity contribution in [1.29, 1.82) is 0 Å². The number of amides is 2. The Hall–Kier alpha value is -2.91. The number of hydrogen-bond donors (Lipinski definition) is 0. The number of anilines is 1. The van der Waals surface area contributed by atoms with E-state index in [1.54, 1.807) is 41.3 Å². The van der Waals surface area contributed by atoms with Crippen molar-refractivity contribution < 1.29 is 22.7 Å². The Morgan fingerprint density at radius 2 is 1.64 bits per heavy atom. The van der Waals surface area contributed by atoms with Gasteiger partial charge in [0.1, 0.15) is 5.75 Å². The van der Waals surface area contributed by atoms with Gasteiger partial charge in [0.2, 0.25) is 15.9 Å². The number of nitrogens with zero attached hydrogens (tertiary/aromatic N) is 3. The third-order valence-corrected chi connectivity index (χ3v) is 8.63. The summed E-state index contributed by atoms with van der Waals surface area (Å²) < 4.78 is 33.7. The summed E-state index contributed by atoms with van der Waals surface area (Å²) in [5.74, 6) is 0.468. The number of piperazine rings is 1. The van der Waals surface area contributed by atoms with Gasteiger partial charge in [0.05, 0.1) is 23.3 Å². The van der Waals surface area contributed by atoms with Crippen molar-refractivity contribution in [3.8, 4) is 5.75 Å². The van der Waals surface area contributed by atoms with Gasteiger partial charge in [0.25, 0.3) is 5.91 Å². The molecule has 0 radical (unpaired) electrons. The van der Waals surface area contributed by atoms with Crippen LogP contribution in [0.5, 0.6) is 5.75 Å². The third-order valence-electron chi connectivity index (χ3n) is 6.75. The Morgan fingerprint density at radius 3 is 2.36 bits per heavy atom. The zero-order valence-electron chi connectivity index (χ0n) is 18.6. The van der Waals surface area contributed by atoms with E-state index in [2.05, 4.69) is 0 Å². The van der Waals surface area contributed by atoms with Crippen LogP contribution in [0.3, 0.4) is 0 Å². The van der Waals surface area contributed by atoms with E-state index in [1.165, 1.54) is 11.4 Å². The summed E-state index contributed by atoms with van der Waals surface area (Å²) in [6.07, 6.45) is 2.60. The molecular formula is C24H27N3O5S. The number of benzene rings is 2. The summed E-state index contributed by atoms with van der Waals surface area (Å²) in [5, 5.41) is 0. The van der Waals surface area contributed by atoms with E-state index in [1.807, 2.05) is 4.90 Å². The molecular weight excluding hydrogens is 442 g/mol. The van der Waals surface area contributed by atoms with Crippen molar-refractivity contribution in [2.45, 2.75) is 30.6 Å². The maximum absolute atomic E-state index is 13.5. The zero-order chi connectivity index (χ0) is 23.2. The fourth-order valence-corrected chi connectivity index (χ4v) is 6.57. The zero-order valence-corrected chi connectivity index (χ0v) is 19.4. The third kappa shape index (κ3) is 3.79. The van der Waals surface area contributed by atoms with E-state index in [9.17, 15) is 18.0 Å². The second-order valence-electron chi connectivity index (χ2n) is 8.64. The number of aryl methyl sites for hydroxylation is 2. The van der Waals surface area contributed by atoms with Gasteiger partial charge in [-0.3, -0.25) is 9.59 Å². The summed E-state index contributed by atoms with van der Waals surface area (Å²) in [4.78, 5) is 29.0. The standard InChI is InChI=1S/C24H27N3O5S/c1-32-21-7-3-2-6-20(21)24(29)25-11-13-26(14-12-25)33(30,31)19-15-17-5-4-10-27-22(28)9-8-18(16-19)23(17)27/h2-3,6-7,15-16H,4-5,8-14H2,1H3. The monoisotopic (exact) mass is 469 g/mol. The van der Waals surface area contributed by atoms with Crippen LogP contribution in [-0.2, 0) is 27.7 Å². The Balaban J connectivity index is 1.35. The predicted molar refractivity (Wildman–Crippen MR) is 123 cm³/mol. The van der Waals surface area contributed by atoms with Gasteiger partial charge >= 0.3 is 0 Å². The molecule has 9 heteroatoms. The lowest BCUT2D eigenvalue weighted by Crippen LogP contribution is -2.50. The molecule has 0 atom stereocenters. The molecule has 174 valence electrons. The molecule has 8 nitrogen and oxygen atoms in total. The Labute approximate surface area is 193 Å². The van der Waals surface area contributed by atoms with Gasteiger partial charge in [0.15, 0.2) is 0 Å². The van der Waals surface area contributed by atoms with Crippen LogP contribution in [0, 0.1) is 0 Å². The minimum Gasteiger partial charge on any atom is -0.496 e. The van der Waals surface area contributed by atoms with Gasteiger partial charge in [-0.2, -0.15) is 4.31 Å². The number of methoxy groups -OCH3 is 1. The summed E-state index contributed by atoms with van der Waals surface area (Å²) in [7, 11) is -2.17. The number of sulfonamides is 1. The quantitative estimate of drug-likeness (QED) is 0.684. The van der Waals surface area contributed by atoms with Crippen LogP contribution in [0.1, 0.15) is 34.3 Å². The molecule has 0 spiro atoms. The normalized spacial score (nSPS) is 18.8. The number of hydrogen-bond acceptors (Lipinski definition) is 5. The smallest absolute Gasteiger partial charge is 0.257 e. The van der Waals surface area contributed by atoms with Crippen LogP contribution in [-0.4, -0.2) is 69.3 Å². The molecule has 0 saturated carbocycles. The van der Waals surface area contributed by atoms with Crippen molar-refractivity contribution in [3.05, 3.63) is 53.1 Å². The maximum atomic E-state index is 13.5. The Kier molecular flexibility index (Phi) is 5.62. The van der Waals surface area contributed by atoms with Gasteiger partial charge in [-0.15, -0.1) is 0 Å². The molecule has 0 aliphatic carbocycles. The summed E-state index contributed by atoms with van der Waals surface area (Å²) in [6.45, 7) is 1.81. The van der Waals surface area contributed by atoms with Crippen LogP contribution in [0.4, 0.5) is 5.69 Å². The largest absolute Gasteiger partial charge is 0.496 e. The number of carbonyl (C=O) groups is 2. The highest BCUT2D eigenvalue weighted by Crippen LogP contribution is 2.38. The van der Waals surface area contributed by atoms with E-state index >= 15 is 0 Å². The molecule has 3 heterocycles. The number of carbonyl (C=O) groups excluding carboxylic acids is 2. The lowest BCUT2D eigenvalue weighted by atomic mass is 9.92. The molecule has 0 N–H and O–H groups in total. The van der Waals surface area contributed by atoms with Crippen LogP contribution < -0.4 is 9.64 Å². The SMILES string of the molecule is COc1ccccc1C(=O)N1CCN(S(=O)(=O)c2cc3c4c(c2)CCC(=O)N4CCC3)CC1. The van der Waals surface area contributed by atoms with Gasteiger partial charge in [-0.05, 0) is 54.7 Å². The van der Waals surface area contributed by atoms with Gasteiger partial charge in [-0.25, -0.2) is 8.42 Å². The first kappa shape index (κ1) is 21.9. The molecule has 3 aliphatic rings. The average Bonchev–Trinajstić information content (AvgIpc) is 2.85. The highest BCUT2D eigenvalue weighted by molar-refractivity contribution is 7.89. The highest BCUT2D eigenvalue weighted by atomic mass is 32.2. The molecule has 2 aromatic rings. The van der Waals surface area contributed by atoms with E-state index in [4.69, 9.17) is 4.74 Å². The molecule has 1 saturated heterocycles. The lowest BCUT2D eigenvalue weighted by Gasteiger charge is -2.37. The average molecular weight is 470 g/mol. The molecule has 5 rings (SSSR count). The first-order valence-corrected chi connectivity index (χ1v) is 12.7. The highest BCUT2D eigenvalue weighted by Gasteiger charge is 2.35. The van der Waals surface area contributed by atoms with E-state index < -0.39 is 10.0 Å². The molecule has 3 aliphatic heterocycles. The van der Waals surface area contributed by atoms with Gasteiger partial charge < -0.3 is 14.5 Å². The second-order valence-corrected chi connectivity index (χ2v) is 10.6. The van der Waals surface area contributed by atoms with Crippen molar-refractivity contribution >= 4 is 27.5 Å². The molecule has 2 amide bonds. The fourth-order valence-electron chi connectivity index (χ4n) is 5.04. The Morgan fingerprint density at radius 1 is 0.939 bits per heavy atom. The van der Waals surface area contributed by atoms with Gasteiger partial charge in [-0.1, -0.05) is 12.1 Å². The van der Waals surface area contributed by atoms with E-state index in [0.29, 0.717) is 43.8 Å².